The number of carbonyl (C=O) groups excluding carboxylic acids is 2. The topological polar surface area (TPSA) is 58.6 Å². The number of hydrogen-bond acceptors (Lipinski definition) is 3. The number of para-hydroxylation sites is 2. The Morgan fingerprint density at radius 1 is 1.23 bits per heavy atom. The molecule has 0 aromatic heterocycles. The van der Waals surface area contributed by atoms with Gasteiger partial charge in [0.25, 0.3) is 0 Å². The summed E-state index contributed by atoms with van der Waals surface area (Å²) >= 11 is 5.95. The molecule has 1 heterocycles. The molecule has 1 atom stereocenters. The van der Waals surface area contributed by atoms with Gasteiger partial charge in [-0.05, 0) is 44.2 Å². The zero-order chi connectivity index (χ0) is 18.7. The van der Waals surface area contributed by atoms with Gasteiger partial charge in [-0.3, -0.25) is 9.59 Å². The number of ether oxygens (including phenoxy) is 1. The van der Waals surface area contributed by atoms with Gasteiger partial charge in [-0.2, -0.15) is 0 Å². The number of nitrogens with zero attached hydrogens (tertiary/aromatic N) is 1. The predicted octanol–water partition coefficient (Wildman–Crippen LogP) is 4.12. The minimum absolute atomic E-state index is 0.00391. The van der Waals surface area contributed by atoms with Gasteiger partial charge in [-0.25, -0.2) is 0 Å². The van der Waals surface area contributed by atoms with E-state index in [1.54, 1.807) is 29.2 Å². The van der Waals surface area contributed by atoms with E-state index in [0.717, 1.165) is 0 Å². The van der Waals surface area contributed by atoms with Crippen LogP contribution < -0.4 is 15.0 Å². The summed E-state index contributed by atoms with van der Waals surface area (Å²) in [4.78, 5) is 26.7. The van der Waals surface area contributed by atoms with Crippen LogP contribution in [0.25, 0.3) is 0 Å². The van der Waals surface area contributed by atoms with Crippen LogP contribution in [0.5, 0.6) is 5.75 Å². The van der Waals surface area contributed by atoms with Crippen molar-refractivity contribution in [3.05, 3.63) is 53.6 Å². The molecule has 2 aromatic carbocycles. The average Bonchev–Trinajstić information content (AvgIpc) is 2.97. The standard InChI is InChI=1S/C20H21ClN2O3/c1-13(2)26-18-9-4-3-8-17(18)23-12-14(10-19(23)24)20(25)22-16-7-5-6-15(21)11-16/h3-9,11,13-14H,10,12H2,1-2H3,(H,22,25). The molecule has 5 nitrogen and oxygen atoms in total. The number of nitrogens with one attached hydrogen (secondary N) is 1. The number of benzene rings is 2. The van der Waals surface area contributed by atoms with E-state index in [9.17, 15) is 9.59 Å². The van der Waals surface area contributed by atoms with Gasteiger partial charge < -0.3 is 15.0 Å². The maximum absolute atomic E-state index is 12.5. The molecule has 3 rings (SSSR count). The monoisotopic (exact) mass is 372 g/mol. The SMILES string of the molecule is CC(C)Oc1ccccc1N1CC(C(=O)Nc2cccc(Cl)c2)CC1=O. The first-order valence-electron chi connectivity index (χ1n) is 8.56. The van der Waals surface area contributed by atoms with Crippen LogP contribution in [0.2, 0.25) is 5.02 Å². The van der Waals surface area contributed by atoms with Crippen molar-refractivity contribution in [2.75, 3.05) is 16.8 Å². The van der Waals surface area contributed by atoms with Crippen LogP contribution in [-0.2, 0) is 9.59 Å². The second-order valence-corrected chi connectivity index (χ2v) is 6.98. The number of anilines is 2. The minimum Gasteiger partial charge on any atom is -0.489 e. The molecule has 0 bridgehead atoms. The molecule has 1 aliphatic heterocycles. The molecule has 1 saturated heterocycles. The van der Waals surface area contributed by atoms with E-state index in [-0.39, 0.29) is 24.3 Å². The Labute approximate surface area is 157 Å². The summed E-state index contributed by atoms with van der Waals surface area (Å²) < 4.78 is 5.80. The fraction of sp³-hybridized carbons (Fsp3) is 0.300. The highest BCUT2D eigenvalue weighted by Crippen LogP contribution is 2.34. The molecule has 0 spiro atoms. The minimum atomic E-state index is -0.423. The van der Waals surface area contributed by atoms with E-state index in [0.29, 0.717) is 28.7 Å². The van der Waals surface area contributed by atoms with Crippen molar-refractivity contribution in [2.24, 2.45) is 5.92 Å². The van der Waals surface area contributed by atoms with Crippen LogP contribution >= 0.6 is 11.6 Å². The Morgan fingerprint density at radius 2 is 2.00 bits per heavy atom. The van der Waals surface area contributed by atoms with Gasteiger partial charge in [-0.1, -0.05) is 29.8 Å². The molecule has 26 heavy (non-hydrogen) atoms. The Balaban J connectivity index is 1.74. The van der Waals surface area contributed by atoms with Gasteiger partial charge in [-0.15, -0.1) is 0 Å². The van der Waals surface area contributed by atoms with Crippen molar-refractivity contribution >= 4 is 34.8 Å². The maximum atomic E-state index is 12.5. The quantitative estimate of drug-likeness (QED) is 0.858. The van der Waals surface area contributed by atoms with Crippen LogP contribution in [0.15, 0.2) is 48.5 Å². The number of hydrogen-bond donors (Lipinski definition) is 1. The summed E-state index contributed by atoms with van der Waals surface area (Å²) in [6.45, 7) is 4.19. The number of carbonyl (C=O) groups is 2. The Hall–Kier alpha value is -2.53. The lowest BCUT2D eigenvalue weighted by molar-refractivity contribution is -0.122. The third-order valence-electron chi connectivity index (χ3n) is 4.11. The Bertz CT molecular complexity index is 822. The van der Waals surface area contributed by atoms with Crippen molar-refractivity contribution in [3.63, 3.8) is 0 Å². The fourth-order valence-corrected chi connectivity index (χ4v) is 3.15. The van der Waals surface area contributed by atoms with Crippen LogP contribution in [-0.4, -0.2) is 24.5 Å². The van der Waals surface area contributed by atoms with E-state index in [2.05, 4.69) is 5.32 Å². The molecule has 1 unspecified atom stereocenters. The largest absolute Gasteiger partial charge is 0.489 e. The van der Waals surface area contributed by atoms with Crippen LogP contribution in [0.3, 0.4) is 0 Å². The average molecular weight is 373 g/mol. The second-order valence-electron chi connectivity index (χ2n) is 6.54. The summed E-state index contributed by atoms with van der Waals surface area (Å²) in [5, 5.41) is 3.38. The van der Waals surface area contributed by atoms with Gasteiger partial charge >= 0.3 is 0 Å². The van der Waals surface area contributed by atoms with Crippen LogP contribution in [0.4, 0.5) is 11.4 Å². The predicted molar refractivity (Wildman–Crippen MR) is 103 cm³/mol. The summed E-state index contributed by atoms with van der Waals surface area (Å²) in [5.41, 5.74) is 1.32. The van der Waals surface area contributed by atoms with E-state index < -0.39 is 5.92 Å². The first kappa shape index (κ1) is 18.3. The molecule has 2 amide bonds. The first-order chi connectivity index (χ1) is 12.4. The molecule has 1 fully saturated rings. The van der Waals surface area contributed by atoms with E-state index in [4.69, 9.17) is 16.3 Å². The molecule has 0 saturated carbocycles. The lowest BCUT2D eigenvalue weighted by Crippen LogP contribution is -2.28. The van der Waals surface area contributed by atoms with E-state index >= 15 is 0 Å². The lowest BCUT2D eigenvalue weighted by atomic mass is 10.1. The summed E-state index contributed by atoms with van der Waals surface area (Å²) in [6, 6.07) is 14.4. The van der Waals surface area contributed by atoms with E-state index in [1.807, 2.05) is 38.1 Å². The molecule has 6 heteroatoms. The fourth-order valence-electron chi connectivity index (χ4n) is 2.96. The number of amides is 2. The number of rotatable bonds is 5. The van der Waals surface area contributed by atoms with Crippen molar-refractivity contribution in [2.45, 2.75) is 26.4 Å². The molecular formula is C20H21ClN2O3. The summed E-state index contributed by atoms with van der Waals surface area (Å²) in [6.07, 6.45) is 0.165. The highest BCUT2D eigenvalue weighted by Gasteiger charge is 2.36. The molecule has 0 radical (unpaired) electrons. The van der Waals surface area contributed by atoms with Crippen LogP contribution in [0, 0.1) is 5.92 Å². The molecule has 0 aliphatic carbocycles. The van der Waals surface area contributed by atoms with Crippen molar-refractivity contribution in [3.8, 4) is 5.75 Å². The Morgan fingerprint density at radius 3 is 2.73 bits per heavy atom. The van der Waals surface area contributed by atoms with Crippen LogP contribution in [0.1, 0.15) is 20.3 Å². The maximum Gasteiger partial charge on any atom is 0.229 e. The second kappa shape index (κ2) is 7.79. The van der Waals surface area contributed by atoms with E-state index in [1.165, 1.54) is 0 Å². The highest BCUT2D eigenvalue weighted by atomic mass is 35.5. The van der Waals surface area contributed by atoms with Crippen molar-refractivity contribution < 1.29 is 14.3 Å². The summed E-state index contributed by atoms with van der Waals surface area (Å²) in [5.74, 6) is -0.0539. The third kappa shape index (κ3) is 4.17. The molecule has 2 aromatic rings. The normalized spacial score (nSPS) is 16.8. The number of halogens is 1. The molecule has 1 N–H and O–H groups in total. The van der Waals surface area contributed by atoms with Crippen molar-refractivity contribution in [1.82, 2.24) is 0 Å². The van der Waals surface area contributed by atoms with Gasteiger partial charge in [0, 0.05) is 23.7 Å². The zero-order valence-electron chi connectivity index (χ0n) is 14.7. The lowest BCUT2D eigenvalue weighted by Gasteiger charge is -2.21. The molecular weight excluding hydrogens is 352 g/mol. The van der Waals surface area contributed by atoms with Gasteiger partial charge in [0.15, 0.2) is 0 Å². The Kier molecular flexibility index (Phi) is 5.47. The smallest absolute Gasteiger partial charge is 0.229 e. The molecule has 136 valence electrons. The van der Waals surface area contributed by atoms with Crippen molar-refractivity contribution in [1.29, 1.82) is 0 Å². The summed E-state index contributed by atoms with van der Waals surface area (Å²) in [7, 11) is 0. The van der Waals surface area contributed by atoms with Gasteiger partial charge in [0.1, 0.15) is 5.75 Å². The highest BCUT2D eigenvalue weighted by molar-refractivity contribution is 6.30. The van der Waals surface area contributed by atoms with Gasteiger partial charge in [0.05, 0.1) is 17.7 Å². The molecule has 1 aliphatic rings. The van der Waals surface area contributed by atoms with Gasteiger partial charge in [0.2, 0.25) is 11.8 Å². The third-order valence-corrected chi connectivity index (χ3v) is 4.34. The first-order valence-corrected chi connectivity index (χ1v) is 8.94. The zero-order valence-corrected chi connectivity index (χ0v) is 15.5.